The van der Waals surface area contributed by atoms with Crippen LogP contribution in [-0.4, -0.2) is 48.7 Å². The number of hydrogen-bond acceptors (Lipinski definition) is 6. The van der Waals surface area contributed by atoms with Crippen molar-refractivity contribution in [2.45, 2.75) is 31.7 Å². The van der Waals surface area contributed by atoms with Gasteiger partial charge in [-0.3, -0.25) is 0 Å². The van der Waals surface area contributed by atoms with Crippen LogP contribution in [0.25, 0.3) is 0 Å². The van der Waals surface area contributed by atoms with Crippen molar-refractivity contribution in [1.82, 2.24) is 5.32 Å². The van der Waals surface area contributed by atoms with E-state index in [0.29, 0.717) is 26.0 Å². The molecule has 0 aliphatic heterocycles. The minimum absolute atomic E-state index is 0. The van der Waals surface area contributed by atoms with E-state index >= 15 is 0 Å². The van der Waals surface area contributed by atoms with Gasteiger partial charge in [-0.1, -0.05) is 5.16 Å². The third kappa shape index (κ3) is 14.1. The van der Waals surface area contributed by atoms with E-state index in [1.165, 1.54) is 6.21 Å². The highest BCUT2D eigenvalue weighted by Crippen LogP contribution is 2.10. The second-order valence-corrected chi connectivity index (χ2v) is 3.86. The predicted octanol–water partition coefficient (Wildman–Crippen LogP) is 1.47. The number of nitrogens with one attached hydrogen (secondary N) is 2. The Morgan fingerprint density at radius 3 is 2.52 bits per heavy atom. The molecule has 1 atom stereocenters. The molecule has 0 aliphatic carbocycles. The van der Waals surface area contributed by atoms with Crippen LogP contribution in [-0.2, 0) is 9.63 Å². The summed E-state index contributed by atoms with van der Waals surface area (Å²) in [7, 11) is 0. The van der Waals surface area contributed by atoms with E-state index in [4.69, 9.17) is 21.1 Å². The maximum atomic E-state index is 11.1. The molecule has 0 aromatic heterocycles. The number of oxime groups is 1. The van der Waals surface area contributed by atoms with Gasteiger partial charge in [0.2, 0.25) is 0 Å². The summed E-state index contributed by atoms with van der Waals surface area (Å²) in [6.45, 7) is 3.39. The largest absolute Gasteiger partial charge is 0.480 e. The first-order chi connectivity index (χ1) is 8.56. The van der Waals surface area contributed by atoms with Crippen LogP contribution in [0.5, 0.6) is 0 Å². The molecule has 21 heavy (non-hydrogen) atoms. The van der Waals surface area contributed by atoms with E-state index in [1.807, 2.05) is 0 Å². The van der Waals surface area contributed by atoms with E-state index in [9.17, 15) is 4.79 Å². The van der Waals surface area contributed by atoms with Crippen LogP contribution in [0.1, 0.15) is 26.2 Å². The van der Waals surface area contributed by atoms with Crippen LogP contribution < -0.4 is 11.1 Å². The molecule has 7 nitrogen and oxygen atoms in total. The molecule has 0 fully saturated rings. The first-order valence-corrected chi connectivity index (χ1v) is 5.95. The highest BCUT2D eigenvalue weighted by atomic mass is 35.5. The number of carboxylic acids is 1. The number of nitrogens with two attached hydrogens (primary N) is 1. The summed E-state index contributed by atoms with van der Waals surface area (Å²) in [4.78, 5) is 15.8. The normalized spacial score (nSPS) is 12.3. The lowest BCUT2D eigenvalue weighted by Crippen LogP contribution is -2.49. The van der Waals surface area contributed by atoms with Crippen LogP contribution in [0.2, 0.25) is 0 Å². The van der Waals surface area contributed by atoms with Gasteiger partial charge >= 0.3 is 5.97 Å². The molecule has 0 saturated carbocycles. The van der Waals surface area contributed by atoms with Crippen molar-refractivity contribution in [2.75, 3.05) is 19.7 Å². The van der Waals surface area contributed by atoms with E-state index < -0.39 is 11.5 Å². The minimum atomic E-state index is -1.48. The van der Waals surface area contributed by atoms with Gasteiger partial charge in [0.15, 0.2) is 5.54 Å². The second kappa shape index (κ2) is 17.5. The number of halogens is 3. The summed E-state index contributed by atoms with van der Waals surface area (Å²) in [5.74, 6) is -1.11. The molecule has 0 aromatic rings. The molecule has 0 rings (SSSR count). The Morgan fingerprint density at radius 1 is 1.43 bits per heavy atom. The zero-order chi connectivity index (χ0) is 13.9. The molecule has 0 saturated heterocycles. The highest BCUT2D eigenvalue weighted by Gasteiger charge is 2.31. The number of carbonyl (C=O) groups is 1. The molecule has 0 aromatic carbocycles. The standard InChI is InChI=1S/C11H22N4O3.3ClH/c1-2-18-15-9-11(13,10(16)17)5-3-4-7-14-8-6-12;;;/h6,9,12,14H,2-5,7-8,13H2,1H3,(H,16,17);3*1H. The number of hydrogen-bond donors (Lipinski definition) is 4. The van der Waals surface area contributed by atoms with Gasteiger partial charge < -0.3 is 26.4 Å². The van der Waals surface area contributed by atoms with Crippen molar-refractivity contribution in [3.05, 3.63) is 0 Å². The van der Waals surface area contributed by atoms with Crippen LogP contribution >= 0.6 is 37.2 Å². The molecule has 0 aliphatic rings. The number of rotatable bonds is 11. The summed E-state index contributed by atoms with van der Waals surface area (Å²) < 4.78 is 0. The fraction of sp³-hybridized carbons (Fsp3) is 0.727. The van der Waals surface area contributed by atoms with Gasteiger partial charge in [-0.25, -0.2) is 4.79 Å². The van der Waals surface area contributed by atoms with Crippen molar-refractivity contribution in [1.29, 1.82) is 5.41 Å². The van der Waals surface area contributed by atoms with Crippen molar-refractivity contribution >= 4 is 55.6 Å². The summed E-state index contributed by atoms with van der Waals surface area (Å²) in [6.07, 6.45) is 4.17. The van der Waals surface area contributed by atoms with Crippen LogP contribution in [0, 0.1) is 5.41 Å². The van der Waals surface area contributed by atoms with Crippen LogP contribution in [0.4, 0.5) is 0 Å². The first-order valence-electron chi connectivity index (χ1n) is 5.95. The number of aliphatic carboxylic acids is 1. The van der Waals surface area contributed by atoms with Crippen molar-refractivity contribution in [3.63, 3.8) is 0 Å². The lowest BCUT2D eigenvalue weighted by molar-refractivity contribution is -0.140. The van der Waals surface area contributed by atoms with Gasteiger partial charge in [0, 0.05) is 12.8 Å². The van der Waals surface area contributed by atoms with Gasteiger partial charge in [0.05, 0.1) is 6.21 Å². The number of unbranched alkanes of at least 4 members (excludes halogenated alkanes) is 1. The Kier molecular flexibility index (Phi) is 23.7. The number of carboxylic acid groups (broad SMARTS) is 1. The molecule has 10 heteroatoms. The van der Waals surface area contributed by atoms with Crippen molar-refractivity contribution in [3.8, 4) is 0 Å². The zero-order valence-electron chi connectivity index (χ0n) is 11.9. The Morgan fingerprint density at radius 2 is 2.05 bits per heavy atom. The second-order valence-electron chi connectivity index (χ2n) is 3.86. The quantitative estimate of drug-likeness (QED) is 0.250. The summed E-state index contributed by atoms with van der Waals surface area (Å²) in [5.41, 5.74) is 4.26. The van der Waals surface area contributed by atoms with E-state index in [-0.39, 0.29) is 37.2 Å². The Hall–Kier alpha value is -0.600. The van der Waals surface area contributed by atoms with Gasteiger partial charge in [-0.05, 0) is 32.7 Å². The molecular formula is C11H25Cl3N4O3. The SMILES string of the molecule is CCON=CC(N)(CCCCNCC=N)C(=O)O.Cl.Cl.Cl. The molecule has 0 amide bonds. The molecule has 0 bridgehead atoms. The Bertz CT molecular complexity index is 296. The fourth-order valence-corrected chi connectivity index (χ4v) is 1.27. The molecular weight excluding hydrogens is 343 g/mol. The lowest BCUT2D eigenvalue weighted by atomic mass is 9.95. The van der Waals surface area contributed by atoms with Crippen LogP contribution in [0.3, 0.4) is 0 Å². The van der Waals surface area contributed by atoms with Gasteiger partial charge in [-0.15, -0.1) is 37.2 Å². The molecule has 0 heterocycles. The van der Waals surface area contributed by atoms with Gasteiger partial charge in [0.25, 0.3) is 0 Å². The van der Waals surface area contributed by atoms with E-state index in [1.54, 1.807) is 6.92 Å². The van der Waals surface area contributed by atoms with Crippen molar-refractivity contribution in [2.24, 2.45) is 10.9 Å². The number of nitrogens with zero attached hydrogens (tertiary/aromatic N) is 1. The monoisotopic (exact) mass is 366 g/mol. The summed E-state index contributed by atoms with van der Waals surface area (Å²) >= 11 is 0. The predicted molar refractivity (Wildman–Crippen MR) is 91.9 cm³/mol. The average Bonchev–Trinajstić information content (AvgIpc) is 2.34. The Labute approximate surface area is 143 Å². The van der Waals surface area contributed by atoms with Crippen LogP contribution in [0.15, 0.2) is 5.16 Å². The third-order valence-corrected chi connectivity index (χ3v) is 2.33. The summed E-state index contributed by atoms with van der Waals surface area (Å²) in [5, 5.41) is 22.4. The fourth-order valence-electron chi connectivity index (χ4n) is 1.27. The topological polar surface area (TPSA) is 121 Å². The molecule has 128 valence electrons. The van der Waals surface area contributed by atoms with E-state index in [0.717, 1.165) is 19.2 Å². The maximum absolute atomic E-state index is 11.1. The zero-order valence-corrected chi connectivity index (χ0v) is 14.4. The smallest absolute Gasteiger partial charge is 0.329 e. The third-order valence-electron chi connectivity index (χ3n) is 2.33. The molecule has 1 unspecified atom stereocenters. The Balaban J connectivity index is -0.000000482. The molecule has 0 radical (unpaired) electrons. The molecule has 0 spiro atoms. The summed E-state index contributed by atoms with van der Waals surface area (Å²) in [6, 6.07) is 0. The van der Waals surface area contributed by atoms with E-state index in [2.05, 4.69) is 10.5 Å². The van der Waals surface area contributed by atoms with Gasteiger partial charge in [0.1, 0.15) is 6.61 Å². The first kappa shape index (κ1) is 28.5. The minimum Gasteiger partial charge on any atom is -0.480 e. The molecule has 5 N–H and O–H groups in total. The average molecular weight is 368 g/mol. The van der Waals surface area contributed by atoms with Gasteiger partial charge in [-0.2, -0.15) is 0 Å². The van der Waals surface area contributed by atoms with Crippen molar-refractivity contribution < 1.29 is 14.7 Å². The maximum Gasteiger partial charge on any atom is 0.329 e. The highest BCUT2D eigenvalue weighted by molar-refractivity contribution is 5.98. The lowest BCUT2D eigenvalue weighted by Gasteiger charge is -2.19.